The van der Waals surface area contributed by atoms with Crippen molar-refractivity contribution < 1.29 is 9.59 Å². The van der Waals surface area contributed by atoms with Gasteiger partial charge in [-0.2, -0.15) is 0 Å². The fourth-order valence-electron chi connectivity index (χ4n) is 3.53. The van der Waals surface area contributed by atoms with Gasteiger partial charge in [0.05, 0.1) is 5.56 Å². The summed E-state index contributed by atoms with van der Waals surface area (Å²) in [5.74, 6) is -0.178. The van der Waals surface area contributed by atoms with Crippen LogP contribution in [0.5, 0.6) is 0 Å². The van der Waals surface area contributed by atoms with Crippen LogP contribution in [0.4, 0.5) is 5.00 Å². The lowest BCUT2D eigenvalue weighted by molar-refractivity contribution is 0.0975. The summed E-state index contributed by atoms with van der Waals surface area (Å²) in [5.41, 5.74) is 8.86. The van der Waals surface area contributed by atoms with E-state index in [0.717, 1.165) is 30.4 Å². The molecule has 5 nitrogen and oxygen atoms in total. The maximum Gasteiger partial charge on any atom is 0.257 e. The molecule has 1 aliphatic rings. The van der Waals surface area contributed by atoms with Crippen LogP contribution >= 0.6 is 23.6 Å². The van der Waals surface area contributed by atoms with E-state index in [1.807, 2.05) is 12.1 Å². The summed E-state index contributed by atoms with van der Waals surface area (Å²) >= 11 is 6.82. The number of hydrogen-bond donors (Lipinski definition) is 3. The SMILES string of the molecule is C[C@H]1CCc2c(sc(NC(=S)NC(=O)c3ccc(C(C)(C)C)cc3)c2C(N)=O)C1. The van der Waals surface area contributed by atoms with Crippen molar-refractivity contribution in [2.24, 2.45) is 11.7 Å². The van der Waals surface area contributed by atoms with Crippen molar-refractivity contribution in [3.8, 4) is 0 Å². The summed E-state index contributed by atoms with van der Waals surface area (Å²) < 4.78 is 0. The normalized spacial score (nSPS) is 16.1. The van der Waals surface area contributed by atoms with E-state index in [2.05, 4.69) is 38.3 Å². The van der Waals surface area contributed by atoms with Crippen LogP contribution in [-0.4, -0.2) is 16.9 Å². The van der Waals surface area contributed by atoms with Crippen LogP contribution in [0.1, 0.15) is 70.8 Å². The average molecular weight is 430 g/mol. The molecule has 0 bridgehead atoms. The number of benzene rings is 1. The number of rotatable bonds is 3. The van der Waals surface area contributed by atoms with E-state index in [0.29, 0.717) is 22.0 Å². The Morgan fingerprint density at radius 2 is 1.86 bits per heavy atom. The maximum atomic E-state index is 12.5. The molecule has 1 atom stereocenters. The molecule has 3 rings (SSSR count). The molecule has 0 aliphatic heterocycles. The molecule has 0 spiro atoms. The Balaban J connectivity index is 1.72. The number of hydrogen-bond acceptors (Lipinski definition) is 4. The zero-order chi connectivity index (χ0) is 21.3. The molecule has 1 aliphatic carbocycles. The van der Waals surface area contributed by atoms with E-state index in [-0.39, 0.29) is 16.4 Å². The summed E-state index contributed by atoms with van der Waals surface area (Å²) in [6.45, 7) is 8.58. The van der Waals surface area contributed by atoms with Crippen LogP contribution in [0.3, 0.4) is 0 Å². The highest BCUT2D eigenvalue weighted by Gasteiger charge is 2.27. The predicted octanol–water partition coefficient (Wildman–Crippen LogP) is 4.40. The minimum atomic E-state index is -0.466. The topological polar surface area (TPSA) is 84.2 Å². The molecule has 0 unspecified atom stereocenters. The molecule has 1 aromatic carbocycles. The zero-order valence-corrected chi connectivity index (χ0v) is 18.9. The van der Waals surface area contributed by atoms with Crippen LogP contribution in [-0.2, 0) is 18.3 Å². The predicted molar refractivity (Wildman–Crippen MR) is 123 cm³/mol. The van der Waals surface area contributed by atoms with Crippen LogP contribution in [0, 0.1) is 5.92 Å². The Morgan fingerprint density at radius 1 is 1.21 bits per heavy atom. The van der Waals surface area contributed by atoms with Crippen LogP contribution in [0.15, 0.2) is 24.3 Å². The molecule has 1 aromatic heterocycles. The number of fused-ring (bicyclic) bond motifs is 1. The van der Waals surface area contributed by atoms with E-state index in [1.165, 1.54) is 16.2 Å². The average Bonchev–Trinajstić information content (AvgIpc) is 2.97. The number of nitrogens with one attached hydrogen (secondary N) is 2. The summed E-state index contributed by atoms with van der Waals surface area (Å²) in [6, 6.07) is 7.48. The second kappa shape index (κ2) is 8.24. The molecule has 4 N–H and O–H groups in total. The number of thiocarbonyl (C=S) groups is 1. The van der Waals surface area contributed by atoms with E-state index in [4.69, 9.17) is 18.0 Å². The molecule has 154 valence electrons. The summed E-state index contributed by atoms with van der Waals surface area (Å²) in [7, 11) is 0. The van der Waals surface area contributed by atoms with Crippen molar-refractivity contribution in [2.75, 3.05) is 5.32 Å². The summed E-state index contributed by atoms with van der Waals surface area (Å²) in [4.78, 5) is 25.7. The molecule has 0 fully saturated rings. The van der Waals surface area contributed by atoms with Crippen molar-refractivity contribution in [1.29, 1.82) is 0 Å². The third-order valence-corrected chi connectivity index (χ3v) is 6.60. The van der Waals surface area contributed by atoms with Gasteiger partial charge in [-0.25, -0.2) is 0 Å². The number of thiophene rings is 1. The lowest BCUT2D eigenvalue weighted by Gasteiger charge is -2.19. The molecule has 1 heterocycles. The molecule has 0 saturated heterocycles. The van der Waals surface area contributed by atoms with E-state index >= 15 is 0 Å². The van der Waals surface area contributed by atoms with Crippen molar-refractivity contribution in [2.45, 2.75) is 52.4 Å². The monoisotopic (exact) mass is 429 g/mol. The summed E-state index contributed by atoms with van der Waals surface area (Å²) in [6.07, 6.45) is 2.81. The van der Waals surface area contributed by atoms with Gasteiger partial charge in [-0.15, -0.1) is 11.3 Å². The van der Waals surface area contributed by atoms with Gasteiger partial charge < -0.3 is 11.1 Å². The first kappa shape index (κ1) is 21.5. The van der Waals surface area contributed by atoms with Crippen LogP contribution in [0.2, 0.25) is 0 Å². The first-order chi connectivity index (χ1) is 13.6. The minimum Gasteiger partial charge on any atom is -0.365 e. The van der Waals surface area contributed by atoms with Crippen LogP contribution in [0.25, 0.3) is 0 Å². The zero-order valence-electron chi connectivity index (χ0n) is 17.2. The van der Waals surface area contributed by atoms with Gasteiger partial charge in [0.15, 0.2) is 5.11 Å². The lowest BCUT2D eigenvalue weighted by atomic mass is 9.87. The highest BCUT2D eigenvalue weighted by atomic mass is 32.1. The number of primary amides is 1. The Morgan fingerprint density at radius 3 is 2.45 bits per heavy atom. The third-order valence-electron chi connectivity index (χ3n) is 5.23. The Bertz CT molecular complexity index is 956. The fourth-order valence-corrected chi connectivity index (χ4v) is 5.21. The second-order valence-corrected chi connectivity index (χ2v) is 10.2. The lowest BCUT2D eigenvalue weighted by Crippen LogP contribution is -2.34. The molecule has 2 aromatic rings. The number of carbonyl (C=O) groups excluding carboxylic acids is 2. The second-order valence-electron chi connectivity index (χ2n) is 8.66. The van der Waals surface area contributed by atoms with E-state index < -0.39 is 5.91 Å². The van der Waals surface area contributed by atoms with Gasteiger partial charge in [-0.1, -0.05) is 39.8 Å². The number of amides is 2. The third kappa shape index (κ3) is 4.85. The summed E-state index contributed by atoms with van der Waals surface area (Å²) in [5, 5.41) is 6.48. The Labute approximate surface area is 181 Å². The molecule has 0 saturated carbocycles. The van der Waals surface area contributed by atoms with Crippen molar-refractivity contribution in [1.82, 2.24) is 5.32 Å². The molecular weight excluding hydrogens is 402 g/mol. The molecule has 0 radical (unpaired) electrons. The largest absolute Gasteiger partial charge is 0.365 e. The highest BCUT2D eigenvalue weighted by molar-refractivity contribution is 7.80. The van der Waals surface area contributed by atoms with E-state index in [9.17, 15) is 9.59 Å². The van der Waals surface area contributed by atoms with Gasteiger partial charge in [0.1, 0.15) is 5.00 Å². The molecular formula is C22H27N3O2S2. The maximum absolute atomic E-state index is 12.5. The molecule has 2 amide bonds. The van der Waals surface area contributed by atoms with Gasteiger partial charge in [0.2, 0.25) is 0 Å². The van der Waals surface area contributed by atoms with Crippen molar-refractivity contribution in [3.05, 3.63) is 51.4 Å². The Hall–Kier alpha value is -2.25. The quantitative estimate of drug-likeness (QED) is 0.632. The first-order valence-corrected chi connectivity index (χ1v) is 11.0. The van der Waals surface area contributed by atoms with Gasteiger partial charge in [-0.05, 0) is 66.1 Å². The molecule has 29 heavy (non-hydrogen) atoms. The van der Waals surface area contributed by atoms with Crippen molar-refractivity contribution >= 4 is 45.5 Å². The highest BCUT2D eigenvalue weighted by Crippen LogP contribution is 2.39. The molecule has 7 heteroatoms. The van der Waals surface area contributed by atoms with Gasteiger partial charge in [0.25, 0.3) is 11.8 Å². The first-order valence-electron chi connectivity index (χ1n) is 9.73. The number of anilines is 1. The van der Waals surface area contributed by atoms with Gasteiger partial charge >= 0.3 is 0 Å². The van der Waals surface area contributed by atoms with Crippen molar-refractivity contribution in [3.63, 3.8) is 0 Å². The van der Waals surface area contributed by atoms with Gasteiger partial charge in [0, 0.05) is 10.4 Å². The number of carbonyl (C=O) groups is 2. The van der Waals surface area contributed by atoms with E-state index in [1.54, 1.807) is 12.1 Å². The van der Waals surface area contributed by atoms with Gasteiger partial charge in [-0.3, -0.25) is 14.9 Å². The minimum absolute atomic E-state index is 0.0206. The Kier molecular flexibility index (Phi) is 6.10. The smallest absolute Gasteiger partial charge is 0.257 e. The van der Waals surface area contributed by atoms with Crippen LogP contribution < -0.4 is 16.4 Å². The standard InChI is InChI=1S/C22H27N3O2S2/c1-12-5-10-15-16(11-12)29-20(17(15)18(23)26)25-21(28)24-19(27)13-6-8-14(9-7-13)22(2,3)4/h6-9,12H,5,10-11H2,1-4H3,(H2,23,26)(H2,24,25,27,28)/t12-/m0/s1. The fraction of sp³-hybridized carbons (Fsp3) is 0.409. The number of nitrogens with two attached hydrogens (primary N) is 1.